The highest BCUT2D eigenvalue weighted by Gasteiger charge is 1.84. The molecular weight excluding hydrogens is 80.0 g/mol. The van der Waals surface area contributed by atoms with Crippen molar-refractivity contribution in [3.8, 4) is 0 Å². The SMILES string of the molecule is C1=NNCCO1. The third-order valence-electron chi connectivity index (χ3n) is 0.550. The second-order valence-electron chi connectivity index (χ2n) is 1.01. The molecule has 3 heteroatoms. The van der Waals surface area contributed by atoms with Crippen molar-refractivity contribution in [1.29, 1.82) is 0 Å². The third-order valence-corrected chi connectivity index (χ3v) is 0.550. The average molecular weight is 86.1 g/mol. The molecule has 0 aromatic heterocycles. The van der Waals surface area contributed by atoms with Crippen molar-refractivity contribution in [3.05, 3.63) is 0 Å². The van der Waals surface area contributed by atoms with Gasteiger partial charge in [0.25, 0.3) is 0 Å². The van der Waals surface area contributed by atoms with Gasteiger partial charge in [0.1, 0.15) is 6.61 Å². The minimum atomic E-state index is 0.740. The van der Waals surface area contributed by atoms with E-state index >= 15 is 0 Å². The zero-order chi connectivity index (χ0) is 4.24. The molecule has 1 aliphatic heterocycles. The Hall–Kier alpha value is -0.730. The van der Waals surface area contributed by atoms with E-state index in [0.717, 1.165) is 13.2 Å². The highest BCUT2D eigenvalue weighted by molar-refractivity contribution is 5.46. The van der Waals surface area contributed by atoms with Gasteiger partial charge in [0.2, 0.25) is 0 Å². The van der Waals surface area contributed by atoms with E-state index in [1.807, 2.05) is 0 Å². The van der Waals surface area contributed by atoms with Crippen LogP contribution in [0.15, 0.2) is 5.10 Å². The fraction of sp³-hybridized carbons (Fsp3) is 0.667. The van der Waals surface area contributed by atoms with E-state index in [1.165, 1.54) is 6.40 Å². The fourth-order valence-electron chi connectivity index (χ4n) is 0.296. The number of hydrogen-bond donors (Lipinski definition) is 1. The minimum Gasteiger partial charge on any atom is -0.480 e. The highest BCUT2D eigenvalue weighted by atomic mass is 16.5. The van der Waals surface area contributed by atoms with Crippen molar-refractivity contribution >= 4 is 6.40 Å². The second kappa shape index (κ2) is 1.64. The summed E-state index contributed by atoms with van der Waals surface area (Å²) in [5.74, 6) is 0. The number of ether oxygens (including phenoxy) is 1. The minimum absolute atomic E-state index is 0.740. The Morgan fingerprint density at radius 1 is 1.83 bits per heavy atom. The van der Waals surface area contributed by atoms with Crippen LogP contribution in [-0.2, 0) is 4.74 Å². The van der Waals surface area contributed by atoms with Crippen LogP contribution in [0, 0.1) is 0 Å². The van der Waals surface area contributed by atoms with Gasteiger partial charge >= 0.3 is 0 Å². The summed E-state index contributed by atoms with van der Waals surface area (Å²) in [5.41, 5.74) is 2.73. The summed E-state index contributed by atoms with van der Waals surface area (Å²) in [5, 5.41) is 3.58. The molecule has 0 aliphatic carbocycles. The number of rotatable bonds is 0. The number of nitrogens with one attached hydrogen (secondary N) is 1. The van der Waals surface area contributed by atoms with Gasteiger partial charge in [-0.05, 0) is 0 Å². The molecule has 0 aromatic rings. The number of nitrogens with zero attached hydrogens (tertiary/aromatic N) is 1. The Balaban J connectivity index is 2.26. The van der Waals surface area contributed by atoms with Gasteiger partial charge in [-0.2, -0.15) is 0 Å². The highest BCUT2D eigenvalue weighted by Crippen LogP contribution is 1.72. The zero-order valence-electron chi connectivity index (χ0n) is 3.35. The summed E-state index contributed by atoms with van der Waals surface area (Å²) in [6, 6.07) is 0. The van der Waals surface area contributed by atoms with Crippen molar-refractivity contribution in [2.45, 2.75) is 0 Å². The molecular formula is C3H6N2O. The van der Waals surface area contributed by atoms with E-state index < -0.39 is 0 Å². The first-order valence-corrected chi connectivity index (χ1v) is 1.86. The van der Waals surface area contributed by atoms with E-state index in [-0.39, 0.29) is 0 Å². The van der Waals surface area contributed by atoms with Gasteiger partial charge in [0, 0.05) is 0 Å². The van der Waals surface area contributed by atoms with Gasteiger partial charge in [0.15, 0.2) is 6.40 Å². The fourth-order valence-corrected chi connectivity index (χ4v) is 0.296. The van der Waals surface area contributed by atoms with E-state index in [1.54, 1.807) is 0 Å². The molecule has 1 heterocycles. The second-order valence-corrected chi connectivity index (χ2v) is 1.01. The maximum absolute atomic E-state index is 4.72. The van der Waals surface area contributed by atoms with Gasteiger partial charge < -0.3 is 10.2 Å². The summed E-state index contributed by atoms with van der Waals surface area (Å²) >= 11 is 0. The molecule has 1 N–H and O–H groups in total. The van der Waals surface area contributed by atoms with Crippen molar-refractivity contribution in [3.63, 3.8) is 0 Å². The first-order chi connectivity index (χ1) is 3.00. The topological polar surface area (TPSA) is 33.6 Å². The Kier molecular flexibility index (Phi) is 0.948. The quantitative estimate of drug-likeness (QED) is 0.433. The molecule has 0 aromatic carbocycles. The molecule has 0 amide bonds. The van der Waals surface area contributed by atoms with Gasteiger partial charge in [-0.3, -0.25) is 0 Å². The molecule has 0 saturated carbocycles. The lowest BCUT2D eigenvalue weighted by atomic mass is 10.7. The first kappa shape index (κ1) is 3.46. The first-order valence-electron chi connectivity index (χ1n) is 1.86. The van der Waals surface area contributed by atoms with E-state index in [4.69, 9.17) is 4.74 Å². The van der Waals surface area contributed by atoms with Crippen LogP contribution in [0.2, 0.25) is 0 Å². The van der Waals surface area contributed by atoms with Crippen LogP contribution in [0.25, 0.3) is 0 Å². The smallest absolute Gasteiger partial charge is 0.192 e. The molecule has 3 nitrogen and oxygen atoms in total. The normalized spacial score (nSPS) is 18.7. The van der Waals surface area contributed by atoms with Crippen LogP contribution in [0.3, 0.4) is 0 Å². The molecule has 1 rings (SSSR count). The van der Waals surface area contributed by atoms with Gasteiger partial charge in [0.05, 0.1) is 6.54 Å². The maximum atomic E-state index is 4.72. The van der Waals surface area contributed by atoms with Crippen LogP contribution in [0.4, 0.5) is 0 Å². The van der Waals surface area contributed by atoms with Crippen molar-refractivity contribution in [1.82, 2.24) is 5.43 Å². The Bertz CT molecular complexity index is 53.8. The molecule has 0 unspecified atom stereocenters. The summed E-state index contributed by atoms with van der Waals surface area (Å²) in [4.78, 5) is 0. The van der Waals surface area contributed by atoms with E-state index in [0.29, 0.717) is 0 Å². The molecule has 0 radical (unpaired) electrons. The lowest BCUT2D eigenvalue weighted by molar-refractivity contribution is 0.293. The third kappa shape index (κ3) is 0.607. The largest absolute Gasteiger partial charge is 0.480 e. The summed E-state index contributed by atoms with van der Waals surface area (Å²) < 4.78 is 4.72. The van der Waals surface area contributed by atoms with Gasteiger partial charge in [-0.15, -0.1) is 5.10 Å². The maximum Gasteiger partial charge on any atom is 0.192 e. The predicted octanol–water partition coefficient (Wildman–Crippen LogP) is -0.451. The van der Waals surface area contributed by atoms with Crippen molar-refractivity contribution in [2.24, 2.45) is 5.10 Å². The molecule has 6 heavy (non-hydrogen) atoms. The van der Waals surface area contributed by atoms with Gasteiger partial charge in [-0.1, -0.05) is 0 Å². The Labute approximate surface area is 36.0 Å². The Morgan fingerprint density at radius 3 is 3.00 bits per heavy atom. The predicted molar refractivity (Wildman–Crippen MR) is 22.4 cm³/mol. The summed E-state index contributed by atoms with van der Waals surface area (Å²) in [6.07, 6.45) is 1.41. The van der Waals surface area contributed by atoms with Crippen LogP contribution in [0.5, 0.6) is 0 Å². The van der Waals surface area contributed by atoms with Crippen molar-refractivity contribution in [2.75, 3.05) is 13.2 Å². The molecule has 0 bridgehead atoms. The van der Waals surface area contributed by atoms with Crippen LogP contribution < -0.4 is 5.43 Å². The van der Waals surface area contributed by atoms with Crippen LogP contribution in [0.1, 0.15) is 0 Å². The molecule has 1 aliphatic rings. The van der Waals surface area contributed by atoms with E-state index in [9.17, 15) is 0 Å². The number of hydrogen-bond acceptors (Lipinski definition) is 3. The molecule has 0 spiro atoms. The van der Waals surface area contributed by atoms with Crippen LogP contribution in [-0.4, -0.2) is 19.6 Å². The van der Waals surface area contributed by atoms with Crippen LogP contribution >= 0.6 is 0 Å². The van der Waals surface area contributed by atoms with Crippen molar-refractivity contribution < 1.29 is 4.74 Å². The lowest BCUT2D eigenvalue weighted by Gasteiger charge is -2.03. The zero-order valence-corrected chi connectivity index (χ0v) is 3.35. The number of hydrazone groups is 1. The summed E-state index contributed by atoms with van der Waals surface area (Å²) in [6.45, 7) is 1.57. The van der Waals surface area contributed by atoms with Gasteiger partial charge in [-0.25, -0.2) is 0 Å². The molecule has 0 fully saturated rings. The molecule has 0 atom stereocenters. The summed E-state index contributed by atoms with van der Waals surface area (Å²) in [7, 11) is 0. The molecule has 34 valence electrons. The average Bonchev–Trinajstić information content (AvgIpc) is 1.72. The van der Waals surface area contributed by atoms with E-state index in [2.05, 4.69) is 10.5 Å². The monoisotopic (exact) mass is 86.0 g/mol. The Morgan fingerprint density at radius 2 is 2.83 bits per heavy atom. The molecule has 0 saturated heterocycles. The standard InChI is InChI=1S/C3H6N2O/c1-2-6-3-5-4-1/h3-4H,1-2H2. The lowest BCUT2D eigenvalue weighted by Crippen LogP contribution is -2.18.